The van der Waals surface area contributed by atoms with Crippen LogP contribution in [0.3, 0.4) is 0 Å². The molecule has 0 radical (unpaired) electrons. The standard InChI is InChI=1S/C14H21N3O2S/c1-15-20(18,19)10-11-4-5-14-13(8-11)12(9-16-14)6-7-17(2)3/h4-5,8-9,15-16H,6-7,10H2,1-3H3/i2D3,4D,5D,6D2,8D. The van der Waals surface area contributed by atoms with Crippen LogP contribution in [0.4, 0.5) is 0 Å². The van der Waals surface area contributed by atoms with E-state index in [-0.39, 0.29) is 34.1 Å². The van der Waals surface area contributed by atoms with Crippen LogP contribution in [0, 0.1) is 0 Å². The summed E-state index contributed by atoms with van der Waals surface area (Å²) in [4.78, 5) is 3.52. The zero-order valence-electron chi connectivity index (χ0n) is 19.2. The fourth-order valence-electron chi connectivity index (χ4n) is 1.65. The second-order valence-corrected chi connectivity index (χ2v) is 6.23. The third kappa shape index (κ3) is 3.59. The Kier molecular flexibility index (Phi) is 2.26. The van der Waals surface area contributed by atoms with Crippen LogP contribution < -0.4 is 4.72 Å². The molecule has 0 aliphatic carbocycles. The third-order valence-corrected chi connectivity index (χ3v) is 3.94. The average Bonchev–Trinajstić information content (AvgIpc) is 3.02. The Morgan fingerprint density at radius 1 is 1.55 bits per heavy atom. The molecule has 0 saturated carbocycles. The summed E-state index contributed by atoms with van der Waals surface area (Å²) < 4.78 is 89.2. The molecule has 0 fully saturated rings. The largest absolute Gasteiger partial charge is 0.361 e. The molecule has 110 valence electrons. The van der Waals surface area contributed by atoms with Gasteiger partial charge in [-0.05, 0) is 50.7 Å². The van der Waals surface area contributed by atoms with E-state index in [9.17, 15) is 8.42 Å². The first-order chi connectivity index (χ1) is 12.6. The second-order valence-electron chi connectivity index (χ2n) is 4.30. The summed E-state index contributed by atoms with van der Waals surface area (Å²) in [5.74, 6) is -0.703. The molecule has 6 heteroatoms. The molecule has 0 bridgehead atoms. The molecule has 0 unspecified atom stereocenters. The van der Waals surface area contributed by atoms with Crippen LogP contribution in [-0.2, 0) is 22.1 Å². The fraction of sp³-hybridized carbons (Fsp3) is 0.429. The van der Waals surface area contributed by atoms with Gasteiger partial charge < -0.3 is 9.88 Å². The summed E-state index contributed by atoms with van der Waals surface area (Å²) in [5, 5.41) is -0.0359. The average molecular weight is 303 g/mol. The van der Waals surface area contributed by atoms with Crippen molar-refractivity contribution in [2.75, 3.05) is 27.6 Å². The van der Waals surface area contributed by atoms with E-state index in [4.69, 9.17) is 11.0 Å². The first-order valence-corrected chi connectivity index (χ1v) is 7.50. The van der Waals surface area contributed by atoms with Crippen LogP contribution in [-0.4, -0.2) is 45.9 Å². The smallest absolute Gasteiger partial charge is 0.215 e. The van der Waals surface area contributed by atoms with Gasteiger partial charge in [0.1, 0.15) is 0 Å². The Morgan fingerprint density at radius 3 is 3.05 bits per heavy atom. The number of fused-ring (bicyclic) bond motifs is 1. The quantitative estimate of drug-likeness (QED) is 0.846. The van der Waals surface area contributed by atoms with Crippen LogP contribution >= 0.6 is 0 Å². The summed E-state index contributed by atoms with van der Waals surface area (Å²) in [6.07, 6.45) is -0.990. The minimum atomic E-state index is -3.83. The van der Waals surface area contributed by atoms with Crippen molar-refractivity contribution in [2.45, 2.75) is 12.1 Å². The minimum Gasteiger partial charge on any atom is -0.361 e. The molecule has 0 aliphatic rings. The third-order valence-electron chi connectivity index (χ3n) is 2.65. The van der Waals surface area contributed by atoms with Crippen molar-refractivity contribution in [3.8, 4) is 0 Å². The molecule has 0 aliphatic heterocycles. The highest BCUT2D eigenvalue weighted by molar-refractivity contribution is 7.88. The van der Waals surface area contributed by atoms with E-state index in [2.05, 4.69) is 9.71 Å². The summed E-state index contributed by atoms with van der Waals surface area (Å²) in [6, 6.07) is -1.19. The predicted octanol–water partition coefficient (Wildman–Crippen LogP) is 1.32. The molecule has 0 atom stereocenters. The lowest BCUT2D eigenvalue weighted by Crippen LogP contribution is -2.20. The number of H-pyrrole nitrogens is 1. The van der Waals surface area contributed by atoms with Crippen molar-refractivity contribution in [3.63, 3.8) is 0 Å². The van der Waals surface area contributed by atoms with Crippen LogP contribution in [0.25, 0.3) is 10.9 Å². The zero-order chi connectivity index (χ0) is 21.7. The monoisotopic (exact) mass is 303 g/mol. The van der Waals surface area contributed by atoms with Crippen molar-refractivity contribution in [3.05, 3.63) is 35.5 Å². The summed E-state index contributed by atoms with van der Waals surface area (Å²) in [5.41, 5.74) is -0.274. The maximum Gasteiger partial charge on any atom is 0.215 e. The molecule has 1 aromatic heterocycles. The molecular weight excluding hydrogens is 274 g/mol. The van der Waals surface area contributed by atoms with Gasteiger partial charge in [-0.15, -0.1) is 0 Å². The Hall–Kier alpha value is -1.37. The normalized spacial score (nSPS) is 19.6. The van der Waals surface area contributed by atoms with Gasteiger partial charge in [0.15, 0.2) is 0 Å². The summed E-state index contributed by atoms with van der Waals surface area (Å²) >= 11 is 0. The number of nitrogens with zero attached hydrogens (tertiary/aromatic N) is 1. The van der Waals surface area contributed by atoms with Crippen LogP contribution in [0.15, 0.2) is 24.3 Å². The molecule has 1 aromatic carbocycles. The number of hydrogen-bond donors (Lipinski definition) is 2. The molecule has 2 rings (SSSR count). The number of hydrogen-bond acceptors (Lipinski definition) is 3. The van der Waals surface area contributed by atoms with Crippen LogP contribution in [0.2, 0.25) is 0 Å². The molecule has 1 heterocycles. The van der Waals surface area contributed by atoms with Gasteiger partial charge in [0.05, 0.1) is 9.87 Å². The highest BCUT2D eigenvalue weighted by Gasteiger charge is 2.11. The van der Waals surface area contributed by atoms with Crippen molar-refractivity contribution in [1.29, 1.82) is 0 Å². The van der Waals surface area contributed by atoms with Crippen LogP contribution in [0.1, 0.15) is 22.1 Å². The Bertz CT molecular complexity index is 1000. The molecular formula is C14H21N3O2S. The molecule has 2 N–H and O–H groups in total. The fourth-order valence-corrected chi connectivity index (χ4v) is 2.32. The molecule has 5 nitrogen and oxygen atoms in total. The van der Waals surface area contributed by atoms with Crippen molar-refractivity contribution < 1.29 is 19.4 Å². The van der Waals surface area contributed by atoms with Crippen molar-refractivity contribution >= 4 is 20.9 Å². The van der Waals surface area contributed by atoms with Gasteiger partial charge in [-0.2, -0.15) is 0 Å². The van der Waals surface area contributed by atoms with E-state index in [0.29, 0.717) is 0 Å². The summed E-state index contributed by atoms with van der Waals surface area (Å²) in [7, 11) is -1.40. The number of aromatic nitrogens is 1. The number of rotatable bonds is 6. The van der Waals surface area contributed by atoms with E-state index in [1.165, 1.54) is 20.3 Å². The van der Waals surface area contributed by atoms with Gasteiger partial charge in [0.25, 0.3) is 0 Å². The highest BCUT2D eigenvalue weighted by Crippen LogP contribution is 2.21. The number of benzene rings is 1. The molecule has 0 amide bonds. The van der Waals surface area contributed by atoms with Crippen molar-refractivity contribution in [2.24, 2.45) is 0 Å². The van der Waals surface area contributed by atoms with E-state index in [0.717, 1.165) is 4.90 Å². The Labute approximate surface area is 131 Å². The molecule has 0 saturated heterocycles. The first kappa shape index (κ1) is 7.59. The van der Waals surface area contributed by atoms with E-state index >= 15 is 0 Å². The first-order valence-electron chi connectivity index (χ1n) is 9.85. The summed E-state index contributed by atoms with van der Waals surface area (Å²) in [6.45, 7) is -3.04. The van der Waals surface area contributed by atoms with E-state index in [1.54, 1.807) is 0 Å². The van der Waals surface area contributed by atoms with Crippen LogP contribution in [0.5, 0.6) is 0 Å². The SMILES string of the molecule is [2H]c1c(CS(=O)(=O)NC)c([2H])c2c(C([2H])([2H])CN(C)C([2H])([2H])[2H])c[nH]c2c1[2H]. The Balaban J connectivity index is 2.69. The van der Waals surface area contributed by atoms with Gasteiger partial charge in [-0.1, -0.05) is 6.04 Å². The number of nitrogens with one attached hydrogen (secondary N) is 2. The lowest BCUT2D eigenvalue weighted by molar-refractivity contribution is 0.414. The van der Waals surface area contributed by atoms with Gasteiger partial charge in [0.2, 0.25) is 10.0 Å². The van der Waals surface area contributed by atoms with E-state index < -0.39 is 41.7 Å². The minimum absolute atomic E-state index is 0.0241. The topological polar surface area (TPSA) is 65.2 Å². The number of sulfonamides is 1. The van der Waals surface area contributed by atoms with E-state index in [1.807, 2.05) is 0 Å². The highest BCUT2D eigenvalue weighted by atomic mass is 32.2. The molecule has 0 spiro atoms. The number of aromatic amines is 1. The number of likely N-dealkylation sites (N-methyl/N-ethyl adjacent to an activating group) is 1. The predicted molar refractivity (Wildman–Crippen MR) is 82.2 cm³/mol. The second kappa shape index (κ2) is 5.95. The molecule has 2 aromatic rings. The van der Waals surface area contributed by atoms with Crippen molar-refractivity contribution in [1.82, 2.24) is 14.6 Å². The van der Waals surface area contributed by atoms with Gasteiger partial charge >= 0.3 is 0 Å². The zero-order valence-corrected chi connectivity index (χ0v) is 12.0. The maximum absolute atomic E-state index is 11.9. The lowest BCUT2D eigenvalue weighted by Gasteiger charge is -2.08. The molecule has 20 heavy (non-hydrogen) atoms. The van der Waals surface area contributed by atoms with Gasteiger partial charge in [0, 0.05) is 30.5 Å². The van der Waals surface area contributed by atoms with Gasteiger partial charge in [-0.3, -0.25) is 0 Å². The lowest BCUT2D eigenvalue weighted by atomic mass is 10.1. The maximum atomic E-state index is 11.9. The van der Waals surface area contributed by atoms with Gasteiger partial charge in [-0.25, -0.2) is 13.1 Å². The Morgan fingerprint density at radius 2 is 2.35 bits per heavy atom.